The highest BCUT2D eigenvalue weighted by atomic mass is 32.1. The van der Waals surface area contributed by atoms with Gasteiger partial charge in [-0.15, -0.1) is 11.3 Å². The van der Waals surface area contributed by atoms with Crippen molar-refractivity contribution in [3.63, 3.8) is 0 Å². The van der Waals surface area contributed by atoms with Crippen molar-refractivity contribution >= 4 is 23.2 Å². The third-order valence-electron chi connectivity index (χ3n) is 1.92. The second kappa shape index (κ2) is 7.48. The molecule has 1 aromatic rings. The second-order valence-corrected chi connectivity index (χ2v) is 4.44. The Kier molecular flexibility index (Phi) is 5.91. The lowest BCUT2D eigenvalue weighted by Gasteiger charge is -2.03. The minimum atomic E-state index is -0.235. The molecule has 0 unspecified atom stereocenters. The zero-order valence-electron chi connectivity index (χ0n) is 9.95. The number of aliphatic hydroxyl groups excluding tert-OH is 1. The van der Waals surface area contributed by atoms with Crippen LogP contribution < -0.4 is 10.6 Å². The average molecular weight is 266 g/mol. The first-order valence-corrected chi connectivity index (χ1v) is 6.18. The van der Waals surface area contributed by atoms with Crippen LogP contribution in [-0.2, 0) is 16.1 Å². The van der Waals surface area contributed by atoms with Gasteiger partial charge in [-0.05, 0) is 6.07 Å². The second-order valence-electron chi connectivity index (χ2n) is 3.45. The topological polar surface area (TPSA) is 78.4 Å². The number of thiophene rings is 1. The van der Waals surface area contributed by atoms with Crippen molar-refractivity contribution in [1.82, 2.24) is 10.6 Å². The maximum absolute atomic E-state index is 11.3. The number of amides is 2. The summed E-state index contributed by atoms with van der Waals surface area (Å²) in [5.41, 5.74) is 0.820. The molecule has 3 N–H and O–H groups in total. The molecule has 0 atom stereocenters. The fourth-order valence-corrected chi connectivity index (χ4v) is 1.89. The van der Waals surface area contributed by atoms with E-state index in [4.69, 9.17) is 5.11 Å². The Morgan fingerprint density at radius 1 is 1.44 bits per heavy atom. The van der Waals surface area contributed by atoms with E-state index >= 15 is 0 Å². The number of hydrogen-bond donors (Lipinski definition) is 3. The van der Waals surface area contributed by atoms with Crippen molar-refractivity contribution < 1.29 is 14.7 Å². The number of carbonyl (C=O) groups is 2. The SMILES string of the molecule is CC(=O)NCC(=O)NCc1cc(C#CCO)cs1. The Morgan fingerprint density at radius 2 is 2.22 bits per heavy atom. The molecule has 0 radical (unpaired) electrons. The van der Waals surface area contributed by atoms with Crippen LogP contribution in [0.5, 0.6) is 0 Å². The molecule has 0 aliphatic carbocycles. The minimum absolute atomic E-state index is 0.0160. The van der Waals surface area contributed by atoms with Crippen LogP contribution in [-0.4, -0.2) is 30.1 Å². The maximum atomic E-state index is 11.3. The molecule has 1 aromatic heterocycles. The zero-order chi connectivity index (χ0) is 13.4. The van der Waals surface area contributed by atoms with E-state index in [9.17, 15) is 9.59 Å². The third kappa shape index (κ3) is 5.48. The van der Waals surface area contributed by atoms with Gasteiger partial charge in [0.05, 0.1) is 13.1 Å². The fourth-order valence-electron chi connectivity index (χ4n) is 1.13. The monoisotopic (exact) mass is 266 g/mol. The fraction of sp³-hybridized carbons (Fsp3) is 0.333. The van der Waals surface area contributed by atoms with Crippen molar-refractivity contribution in [2.75, 3.05) is 13.2 Å². The van der Waals surface area contributed by atoms with E-state index in [-0.39, 0.29) is 25.0 Å². The number of carbonyl (C=O) groups excluding carboxylic acids is 2. The molecule has 2 amide bonds. The molecule has 1 rings (SSSR count). The van der Waals surface area contributed by atoms with Gasteiger partial charge in [0.2, 0.25) is 11.8 Å². The van der Waals surface area contributed by atoms with Crippen LogP contribution in [0.1, 0.15) is 17.4 Å². The summed E-state index contributed by atoms with van der Waals surface area (Å²) in [6.07, 6.45) is 0. The summed E-state index contributed by atoms with van der Waals surface area (Å²) in [7, 11) is 0. The summed E-state index contributed by atoms with van der Waals surface area (Å²) in [5, 5.41) is 15.5. The molecule has 0 saturated heterocycles. The Balaban J connectivity index is 2.37. The summed E-state index contributed by atoms with van der Waals surface area (Å²) in [5.74, 6) is 4.87. The lowest BCUT2D eigenvalue weighted by Crippen LogP contribution is -2.35. The van der Waals surface area contributed by atoms with Crippen molar-refractivity contribution in [3.05, 3.63) is 21.9 Å². The van der Waals surface area contributed by atoms with Crippen LogP contribution in [0.4, 0.5) is 0 Å². The highest BCUT2D eigenvalue weighted by Gasteiger charge is 2.03. The van der Waals surface area contributed by atoms with Crippen molar-refractivity contribution in [2.45, 2.75) is 13.5 Å². The minimum Gasteiger partial charge on any atom is -0.384 e. The van der Waals surface area contributed by atoms with Gasteiger partial charge < -0.3 is 15.7 Å². The molecule has 0 bridgehead atoms. The van der Waals surface area contributed by atoms with Crippen LogP contribution in [0.3, 0.4) is 0 Å². The lowest BCUT2D eigenvalue weighted by molar-refractivity contribution is -0.125. The van der Waals surface area contributed by atoms with E-state index in [1.165, 1.54) is 18.3 Å². The lowest BCUT2D eigenvalue weighted by atomic mass is 10.3. The molecule has 96 valence electrons. The summed E-state index contributed by atoms with van der Waals surface area (Å²) < 4.78 is 0. The molecule has 0 aliphatic heterocycles. The standard InChI is InChI=1S/C12H14N2O3S/c1-9(16)13-7-12(17)14-6-11-5-10(8-18-11)3-2-4-15/h5,8,15H,4,6-7H2,1H3,(H,13,16)(H,14,17). The Morgan fingerprint density at radius 3 is 2.89 bits per heavy atom. The summed E-state index contributed by atoms with van der Waals surface area (Å²) in [6, 6.07) is 1.85. The predicted molar refractivity (Wildman–Crippen MR) is 68.8 cm³/mol. The van der Waals surface area contributed by atoms with Gasteiger partial charge in [0.15, 0.2) is 0 Å². The van der Waals surface area contributed by atoms with Gasteiger partial charge in [-0.3, -0.25) is 9.59 Å². The van der Waals surface area contributed by atoms with E-state index in [1.807, 2.05) is 11.4 Å². The number of aliphatic hydroxyl groups is 1. The highest BCUT2D eigenvalue weighted by Crippen LogP contribution is 2.13. The normalized spacial score (nSPS) is 9.22. The van der Waals surface area contributed by atoms with Crippen molar-refractivity contribution in [2.24, 2.45) is 0 Å². The molecule has 0 aromatic carbocycles. The Bertz CT molecular complexity index is 485. The predicted octanol–water partition coefficient (Wildman–Crippen LogP) is -0.156. The van der Waals surface area contributed by atoms with Crippen LogP contribution in [0, 0.1) is 11.8 Å². The van der Waals surface area contributed by atoms with Gasteiger partial charge in [-0.1, -0.05) is 11.8 Å². The first-order chi connectivity index (χ1) is 8.61. The van der Waals surface area contributed by atoms with Crippen molar-refractivity contribution in [1.29, 1.82) is 0 Å². The summed E-state index contributed by atoms with van der Waals surface area (Å²) in [4.78, 5) is 22.9. The molecule has 0 saturated carbocycles. The molecular weight excluding hydrogens is 252 g/mol. The molecule has 6 heteroatoms. The number of nitrogens with one attached hydrogen (secondary N) is 2. The van der Waals surface area contributed by atoms with Crippen LogP contribution >= 0.6 is 11.3 Å². The highest BCUT2D eigenvalue weighted by molar-refractivity contribution is 7.10. The van der Waals surface area contributed by atoms with Gasteiger partial charge in [0.25, 0.3) is 0 Å². The van der Waals surface area contributed by atoms with Crippen molar-refractivity contribution in [3.8, 4) is 11.8 Å². The third-order valence-corrected chi connectivity index (χ3v) is 2.86. The Labute approximate surface area is 109 Å². The van der Waals surface area contributed by atoms with E-state index in [0.717, 1.165) is 10.4 Å². The first kappa shape index (κ1) is 14.2. The Hall–Kier alpha value is -1.84. The van der Waals surface area contributed by atoms with Crippen LogP contribution in [0.2, 0.25) is 0 Å². The van der Waals surface area contributed by atoms with Gasteiger partial charge >= 0.3 is 0 Å². The van der Waals surface area contributed by atoms with Gasteiger partial charge in [0, 0.05) is 22.7 Å². The molecule has 1 heterocycles. The van der Waals surface area contributed by atoms with Crippen LogP contribution in [0.15, 0.2) is 11.4 Å². The smallest absolute Gasteiger partial charge is 0.239 e. The van der Waals surface area contributed by atoms with E-state index in [2.05, 4.69) is 22.5 Å². The number of hydrogen-bond acceptors (Lipinski definition) is 4. The molecule has 0 aliphatic rings. The summed E-state index contributed by atoms with van der Waals surface area (Å²) >= 11 is 1.48. The number of rotatable bonds is 4. The summed E-state index contributed by atoms with van der Waals surface area (Å²) in [6.45, 7) is 1.58. The van der Waals surface area contributed by atoms with E-state index < -0.39 is 0 Å². The molecule has 18 heavy (non-hydrogen) atoms. The van der Waals surface area contributed by atoms with E-state index in [1.54, 1.807) is 0 Å². The quantitative estimate of drug-likeness (QED) is 0.663. The largest absolute Gasteiger partial charge is 0.384 e. The molecule has 0 fully saturated rings. The first-order valence-electron chi connectivity index (χ1n) is 5.30. The van der Waals surface area contributed by atoms with Gasteiger partial charge in [-0.2, -0.15) is 0 Å². The van der Waals surface area contributed by atoms with Gasteiger partial charge in [-0.25, -0.2) is 0 Å². The van der Waals surface area contributed by atoms with Gasteiger partial charge in [0.1, 0.15) is 6.61 Å². The van der Waals surface area contributed by atoms with E-state index in [0.29, 0.717) is 6.54 Å². The average Bonchev–Trinajstić information content (AvgIpc) is 2.79. The molecule has 0 spiro atoms. The maximum Gasteiger partial charge on any atom is 0.239 e. The molecule has 5 nitrogen and oxygen atoms in total. The molecular formula is C12H14N2O3S. The zero-order valence-corrected chi connectivity index (χ0v) is 10.8. The van der Waals surface area contributed by atoms with Crippen LogP contribution in [0.25, 0.3) is 0 Å².